The molecule has 6 heteroatoms. The van der Waals surface area contributed by atoms with E-state index >= 15 is 0 Å². The number of carbonyl (C=O) groups is 2. The van der Waals surface area contributed by atoms with Gasteiger partial charge in [-0.25, -0.2) is 0 Å². The summed E-state index contributed by atoms with van der Waals surface area (Å²) in [5.74, 6) is -0.240. The summed E-state index contributed by atoms with van der Waals surface area (Å²) in [6.45, 7) is 3.31. The van der Waals surface area contributed by atoms with E-state index in [0.717, 1.165) is 18.8 Å². The molecule has 2 fully saturated rings. The molecule has 0 spiro atoms. The molecule has 6 nitrogen and oxygen atoms in total. The third-order valence-corrected chi connectivity index (χ3v) is 4.55. The van der Waals surface area contributed by atoms with Gasteiger partial charge in [-0.3, -0.25) is 14.5 Å². The Morgan fingerprint density at radius 2 is 2.00 bits per heavy atom. The van der Waals surface area contributed by atoms with Crippen molar-refractivity contribution in [2.75, 3.05) is 19.6 Å². The van der Waals surface area contributed by atoms with Gasteiger partial charge < -0.3 is 16.2 Å². The highest BCUT2D eigenvalue weighted by atomic mass is 16.4. The second-order valence-corrected chi connectivity index (χ2v) is 6.45. The van der Waals surface area contributed by atoms with Gasteiger partial charge in [0.2, 0.25) is 5.91 Å². The van der Waals surface area contributed by atoms with Gasteiger partial charge in [-0.2, -0.15) is 0 Å². The van der Waals surface area contributed by atoms with Crippen LogP contribution in [-0.2, 0) is 9.59 Å². The van der Waals surface area contributed by atoms with Crippen molar-refractivity contribution in [3.63, 3.8) is 0 Å². The van der Waals surface area contributed by atoms with Gasteiger partial charge in [0.15, 0.2) is 0 Å². The van der Waals surface area contributed by atoms with Crippen molar-refractivity contribution in [3.8, 4) is 0 Å². The third kappa shape index (κ3) is 3.70. The Balaban J connectivity index is 1.74. The number of carbonyl (C=O) groups excluding carboxylic acids is 1. The summed E-state index contributed by atoms with van der Waals surface area (Å²) in [5, 5.41) is 12.1. The maximum atomic E-state index is 12.0. The van der Waals surface area contributed by atoms with Crippen LogP contribution >= 0.6 is 0 Å². The monoisotopic (exact) mass is 283 g/mol. The average Bonchev–Trinajstić information content (AvgIpc) is 2.75. The molecule has 1 heterocycles. The predicted octanol–water partition coefficient (Wildman–Crippen LogP) is 0.169. The van der Waals surface area contributed by atoms with Gasteiger partial charge in [0.05, 0.1) is 6.54 Å². The second kappa shape index (κ2) is 6.10. The SMILES string of the molecule is CC1CCC(NC(=O)CN2CCC(N)(C(=O)O)C2)CC1. The number of amides is 1. The van der Waals surface area contributed by atoms with Crippen molar-refractivity contribution in [1.82, 2.24) is 10.2 Å². The van der Waals surface area contributed by atoms with E-state index in [4.69, 9.17) is 10.8 Å². The van der Waals surface area contributed by atoms with Crippen LogP contribution in [0, 0.1) is 5.92 Å². The fourth-order valence-electron chi connectivity index (χ4n) is 3.11. The Kier molecular flexibility index (Phi) is 4.65. The summed E-state index contributed by atoms with van der Waals surface area (Å²) in [4.78, 5) is 24.9. The number of nitrogens with one attached hydrogen (secondary N) is 1. The number of carboxylic acids is 1. The Labute approximate surface area is 119 Å². The molecule has 0 aromatic heterocycles. The number of hydrogen-bond donors (Lipinski definition) is 3. The molecule has 20 heavy (non-hydrogen) atoms. The first-order valence-corrected chi connectivity index (χ1v) is 7.43. The van der Waals surface area contributed by atoms with Crippen LogP contribution in [0.15, 0.2) is 0 Å². The lowest BCUT2D eigenvalue weighted by atomic mass is 9.87. The molecule has 0 radical (unpaired) electrons. The van der Waals surface area contributed by atoms with Crippen molar-refractivity contribution in [3.05, 3.63) is 0 Å². The molecule has 0 bridgehead atoms. The largest absolute Gasteiger partial charge is 0.480 e. The van der Waals surface area contributed by atoms with Gasteiger partial charge >= 0.3 is 5.97 Å². The summed E-state index contributed by atoms with van der Waals surface area (Å²) in [6, 6.07) is 0.281. The number of likely N-dealkylation sites (tertiary alicyclic amines) is 1. The van der Waals surface area contributed by atoms with Crippen LogP contribution in [0.1, 0.15) is 39.0 Å². The Morgan fingerprint density at radius 1 is 1.35 bits per heavy atom. The molecule has 114 valence electrons. The highest BCUT2D eigenvalue weighted by Crippen LogP contribution is 2.23. The first-order valence-electron chi connectivity index (χ1n) is 7.43. The number of nitrogens with two attached hydrogens (primary N) is 1. The Bertz CT molecular complexity index is 380. The smallest absolute Gasteiger partial charge is 0.325 e. The molecule has 1 unspecified atom stereocenters. The van der Waals surface area contributed by atoms with Crippen LogP contribution in [0.4, 0.5) is 0 Å². The minimum absolute atomic E-state index is 0.0146. The van der Waals surface area contributed by atoms with Crippen LogP contribution in [0.25, 0.3) is 0 Å². The van der Waals surface area contributed by atoms with Gasteiger partial charge in [-0.1, -0.05) is 6.92 Å². The van der Waals surface area contributed by atoms with Gasteiger partial charge in [0.1, 0.15) is 5.54 Å². The molecular formula is C14H25N3O3. The molecule has 1 saturated heterocycles. The average molecular weight is 283 g/mol. The fraction of sp³-hybridized carbons (Fsp3) is 0.857. The number of aliphatic carboxylic acids is 1. The third-order valence-electron chi connectivity index (χ3n) is 4.55. The van der Waals surface area contributed by atoms with Crippen LogP contribution in [0.3, 0.4) is 0 Å². The summed E-state index contributed by atoms with van der Waals surface area (Å²) >= 11 is 0. The van der Waals surface area contributed by atoms with Gasteiger partial charge in [-0.15, -0.1) is 0 Å². The topological polar surface area (TPSA) is 95.7 Å². The van der Waals surface area contributed by atoms with E-state index < -0.39 is 11.5 Å². The maximum Gasteiger partial charge on any atom is 0.325 e. The molecule has 1 saturated carbocycles. The normalized spacial score (nSPS) is 34.9. The molecule has 1 aliphatic carbocycles. The van der Waals surface area contributed by atoms with Crippen molar-refractivity contribution in [2.24, 2.45) is 11.7 Å². The van der Waals surface area contributed by atoms with E-state index in [0.29, 0.717) is 13.0 Å². The van der Waals surface area contributed by atoms with Gasteiger partial charge in [-0.05, 0) is 38.0 Å². The van der Waals surface area contributed by atoms with Crippen molar-refractivity contribution in [1.29, 1.82) is 0 Å². The van der Waals surface area contributed by atoms with Crippen molar-refractivity contribution in [2.45, 2.75) is 50.6 Å². The van der Waals surface area contributed by atoms with Crippen LogP contribution < -0.4 is 11.1 Å². The minimum Gasteiger partial charge on any atom is -0.480 e. The number of carboxylic acid groups (broad SMARTS) is 1. The van der Waals surface area contributed by atoms with E-state index in [9.17, 15) is 9.59 Å². The number of nitrogens with zero attached hydrogens (tertiary/aromatic N) is 1. The molecule has 1 aliphatic heterocycles. The van der Waals surface area contributed by atoms with E-state index in [1.807, 2.05) is 4.90 Å². The lowest BCUT2D eigenvalue weighted by Crippen LogP contribution is -2.51. The van der Waals surface area contributed by atoms with Crippen molar-refractivity contribution < 1.29 is 14.7 Å². The quantitative estimate of drug-likeness (QED) is 0.683. The van der Waals surface area contributed by atoms with Crippen LogP contribution in [0.2, 0.25) is 0 Å². The first-order chi connectivity index (χ1) is 9.39. The Morgan fingerprint density at radius 3 is 2.55 bits per heavy atom. The van der Waals surface area contributed by atoms with Crippen molar-refractivity contribution >= 4 is 11.9 Å². The zero-order valence-corrected chi connectivity index (χ0v) is 12.1. The summed E-state index contributed by atoms with van der Waals surface area (Å²) in [6.07, 6.45) is 4.82. The fourth-order valence-corrected chi connectivity index (χ4v) is 3.11. The second-order valence-electron chi connectivity index (χ2n) is 6.45. The minimum atomic E-state index is -1.19. The van der Waals surface area contributed by atoms with Crippen LogP contribution in [0.5, 0.6) is 0 Å². The maximum absolute atomic E-state index is 12.0. The van der Waals surface area contributed by atoms with E-state index in [2.05, 4.69) is 12.2 Å². The van der Waals surface area contributed by atoms with Gasteiger partial charge in [0.25, 0.3) is 0 Å². The van der Waals surface area contributed by atoms with E-state index in [-0.39, 0.29) is 25.0 Å². The standard InChI is InChI=1S/C14H25N3O3/c1-10-2-4-11(5-3-10)16-12(18)8-17-7-6-14(15,9-17)13(19)20/h10-11H,2-9,15H2,1H3,(H,16,18)(H,19,20). The molecule has 2 aliphatic rings. The molecule has 0 aromatic carbocycles. The molecule has 1 amide bonds. The zero-order chi connectivity index (χ0) is 14.8. The summed E-state index contributed by atoms with van der Waals surface area (Å²) < 4.78 is 0. The molecule has 2 rings (SSSR count). The molecule has 1 atom stereocenters. The lowest BCUT2D eigenvalue weighted by molar-refractivity contribution is -0.143. The molecule has 4 N–H and O–H groups in total. The Hall–Kier alpha value is -1.14. The predicted molar refractivity (Wildman–Crippen MR) is 75.2 cm³/mol. The molecule has 0 aromatic rings. The first kappa shape index (κ1) is 15.3. The van der Waals surface area contributed by atoms with Crippen LogP contribution in [-0.4, -0.2) is 53.1 Å². The molecular weight excluding hydrogens is 258 g/mol. The number of hydrogen-bond acceptors (Lipinski definition) is 4. The number of rotatable bonds is 4. The highest BCUT2D eigenvalue weighted by molar-refractivity contribution is 5.81. The summed E-state index contributed by atoms with van der Waals surface area (Å²) in [5.41, 5.74) is 4.60. The summed E-state index contributed by atoms with van der Waals surface area (Å²) in [7, 11) is 0. The van der Waals surface area contributed by atoms with Gasteiger partial charge in [0, 0.05) is 19.1 Å². The lowest BCUT2D eigenvalue weighted by Gasteiger charge is -2.27. The zero-order valence-electron chi connectivity index (χ0n) is 12.1. The highest BCUT2D eigenvalue weighted by Gasteiger charge is 2.41. The van der Waals surface area contributed by atoms with E-state index in [1.165, 1.54) is 12.8 Å². The van der Waals surface area contributed by atoms with E-state index in [1.54, 1.807) is 0 Å².